The number of carbonyl (C=O) groups is 7. The fourth-order valence-electron chi connectivity index (χ4n) is 6.24. The zero-order valence-corrected chi connectivity index (χ0v) is 34.8. The number of benzene rings is 1. The second-order valence-electron chi connectivity index (χ2n) is 14.7. The Morgan fingerprint density at radius 3 is 2.15 bits per heavy atom. The molecule has 4 bridgehead atoms. The van der Waals surface area contributed by atoms with Gasteiger partial charge < -0.3 is 36.2 Å². The van der Waals surface area contributed by atoms with Crippen molar-refractivity contribution in [3.63, 3.8) is 0 Å². The van der Waals surface area contributed by atoms with E-state index in [1.54, 1.807) is 58.1 Å². The van der Waals surface area contributed by atoms with Gasteiger partial charge in [-0.25, -0.2) is 4.79 Å². The van der Waals surface area contributed by atoms with Gasteiger partial charge in [-0.3, -0.25) is 28.8 Å². The number of nitrogens with one attached hydrogen (secondary N) is 2. The fourth-order valence-corrected chi connectivity index (χ4v) is 7.32. The first-order valence-corrected chi connectivity index (χ1v) is 20.0. The average Bonchev–Trinajstić information content (AvgIpc) is 3.17. The number of fused-ring (bicyclic) bond motifs is 18. The van der Waals surface area contributed by atoms with E-state index in [1.807, 2.05) is 0 Å². The van der Waals surface area contributed by atoms with Crippen molar-refractivity contribution >= 4 is 52.7 Å². The van der Waals surface area contributed by atoms with Gasteiger partial charge in [0.1, 0.15) is 17.5 Å². The topological polar surface area (TPSA) is 245 Å². The number of hydrogen-bond donors (Lipinski definition) is 7. The highest BCUT2D eigenvalue weighted by atomic mass is 32.2. The van der Waals surface area contributed by atoms with Crippen LogP contribution in [0.15, 0.2) is 88.6 Å². The van der Waals surface area contributed by atoms with Crippen LogP contribution in [0, 0.1) is 24.7 Å². The summed E-state index contributed by atoms with van der Waals surface area (Å²) in [6, 6.07) is -0.315. The maximum Gasteiger partial charge on any atom is 0.327 e. The van der Waals surface area contributed by atoms with Gasteiger partial charge in [0.15, 0.2) is 11.6 Å². The van der Waals surface area contributed by atoms with Crippen LogP contribution in [-0.2, 0) is 19.2 Å². The van der Waals surface area contributed by atoms with Crippen molar-refractivity contribution in [3.05, 3.63) is 111 Å². The molecule has 0 aromatic heterocycles. The van der Waals surface area contributed by atoms with Gasteiger partial charge in [-0.05, 0) is 50.0 Å². The summed E-state index contributed by atoms with van der Waals surface area (Å²) in [5.41, 5.74) is -1.35. The van der Waals surface area contributed by atoms with E-state index >= 15 is 0 Å². The Bertz CT molecular complexity index is 2090. The summed E-state index contributed by atoms with van der Waals surface area (Å²) in [5, 5.41) is 58.0. The number of thioether (sulfide) groups is 1. The number of carboxylic acid groups (broad SMARTS) is 1. The van der Waals surface area contributed by atoms with Crippen molar-refractivity contribution in [2.24, 2.45) is 17.8 Å². The van der Waals surface area contributed by atoms with Crippen molar-refractivity contribution in [2.45, 2.75) is 85.7 Å². The van der Waals surface area contributed by atoms with Crippen molar-refractivity contribution in [3.8, 4) is 5.75 Å². The molecule has 14 nitrogen and oxygen atoms in total. The van der Waals surface area contributed by atoms with Gasteiger partial charge in [0.05, 0.1) is 28.8 Å². The Balaban J connectivity index is 2.19. The highest BCUT2D eigenvalue weighted by Crippen LogP contribution is 2.40. The fraction of sp³-hybridized carbons (Fsp3) is 0.386. The minimum atomic E-state index is -1.52. The van der Waals surface area contributed by atoms with E-state index < -0.39 is 110 Å². The molecule has 0 saturated carbocycles. The second-order valence-corrected chi connectivity index (χ2v) is 15.8. The molecule has 2 amide bonds. The van der Waals surface area contributed by atoms with Crippen molar-refractivity contribution < 1.29 is 59.1 Å². The number of rotatable bonds is 5. The van der Waals surface area contributed by atoms with Crippen molar-refractivity contribution in [2.75, 3.05) is 5.75 Å². The van der Waals surface area contributed by atoms with E-state index in [9.17, 15) is 59.1 Å². The first kappa shape index (κ1) is 47.9. The third-order valence-corrected chi connectivity index (χ3v) is 11.0. The molecule has 15 heteroatoms. The number of ketones is 4. The Kier molecular flexibility index (Phi) is 17.5. The largest absolute Gasteiger partial charge is 0.507 e. The smallest absolute Gasteiger partial charge is 0.327 e. The predicted molar refractivity (Wildman–Crippen MR) is 223 cm³/mol. The summed E-state index contributed by atoms with van der Waals surface area (Å²) in [6.45, 7) is 10.6. The standard InChI is InChI=1S/C44H52N2O12S/c1-22-12-10-8-9-11-13-34(51)46-37-41(55)30-19-27(6)40(54)36(35(30)42(56)43(37)59-21-31(44(57)58)45-28(7)47)39(53)26(5)18-25(4)38(52)24(3)15-17-29(48)16-14-23(2)33(50)20-32(22)49/h8-15,17-19,22,24-25,29,31-32,38,48-49,52,54H,16,20-21H2,1-7H3,(H,45,47)(H,46,51)(H,57,58)/b9-8+,12-10-,13-11-,17-15+,23-14-,26-18?. The molecule has 2 aliphatic heterocycles. The molecule has 316 valence electrons. The molecule has 2 heterocycles. The maximum absolute atomic E-state index is 14.4. The molecule has 7 atom stereocenters. The lowest BCUT2D eigenvalue weighted by Crippen LogP contribution is -2.42. The Hall–Kier alpha value is -5.48. The number of hydrogen-bond acceptors (Lipinski definition) is 12. The Morgan fingerprint density at radius 1 is 0.847 bits per heavy atom. The molecule has 0 saturated heterocycles. The van der Waals surface area contributed by atoms with Gasteiger partial charge in [-0.2, -0.15) is 0 Å². The maximum atomic E-state index is 14.4. The molecular weight excluding hydrogens is 781 g/mol. The Labute approximate surface area is 347 Å². The number of aryl methyl sites for hydroxylation is 1. The van der Waals surface area contributed by atoms with Crippen LogP contribution in [0.2, 0.25) is 0 Å². The van der Waals surface area contributed by atoms with Crippen LogP contribution in [0.25, 0.3) is 0 Å². The molecule has 7 unspecified atom stereocenters. The lowest BCUT2D eigenvalue weighted by molar-refractivity contribution is -0.140. The first-order chi connectivity index (χ1) is 27.7. The van der Waals surface area contributed by atoms with Gasteiger partial charge in [0.25, 0.3) is 0 Å². The zero-order chi connectivity index (χ0) is 44.3. The van der Waals surface area contributed by atoms with Crippen molar-refractivity contribution in [1.29, 1.82) is 0 Å². The molecule has 0 radical (unpaired) electrons. The molecule has 7 N–H and O–H groups in total. The molecule has 59 heavy (non-hydrogen) atoms. The molecule has 3 aliphatic rings. The first-order valence-electron chi connectivity index (χ1n) is 19.0. The summed E-state index contributed by atoms with van der Waals surface area (Å²) in [4.78, 5) is 92.0. The summed E-state index contributed by atoms with van der Waals surface area (Å²) in [6.07, 6.45) is 11.6. The predicted octanol–water partition coefficient (Wildman–Crippen LogP) is 4.38. The lowest BCUT2D eigenvalue weighted by atomic mass is 9.83. The van der Waals surface area contributed by atoms with Crippen LogP contribution in [0.4, 0.5) is 0 Å². The highest BCUT2D eigenvalue weighted by Gasteiger charge is 2.39. The average molecular weight is 833 g/mol. The number of aliphatic hydroxyl groups excluding tert-OH is 3. The summed E-state index contributed by atoms with van der Waals surface area (Å²) < 4.78 is 0. The van der Waals surface area contributed by atoms with Gasteiger partial charge in [-0.1, -0.05) is 75.5 Å². The highest BCUT2D eigenvalue weighted by molar-refractivity contribution is 8.04. The molecule has 4 rings (SSSR count). The van der Waals surface area contributed by atoms with Crippen LogP contribution in [0.3, 0.4) is 0 Å². The van der Waals surface area contributed by atoms with E-state index in [1.165, 1.54) is 44.2 Å². The summed E-state index contributed by atoms with van der Waals surface area (Å²) >= 11 is 0.556. The van der Waals surface area contributed by atoms with Gasteiger partial charge >= 0.3 is 5.97 Å². The molecular formula is C44H52N2O12S. The molecule has 0 spiro atoms. The number of phenolic OH excluding ortho intramolecular Hbond substituents is 1. The number of carboxylic acids is 1. The van der Waals surface area contributed by atoms with Crippen molar-refractivity contribution in [1.82, 2.24) is 10.6 Å². The molecule has 1 aromatic carbocycles. The Morgan fingerprint density at radius 2 is 1.51 bits per heavy atom. The van der Waals surface area contributed by atoms with Gasteiger partial charge in [0, 0.05) is 54.1 Å². The second kappa shape index (κ2) is 21.5. The van der Waals surface area contributed by atoms with E-state index in [0.717, 1.165) is 13.0 Å². The van der Waals surface area contributed by atoms with Crippen LogP contribution in [-0.4, -0.2) is 96.6 Å². The monoisotopic (exact) mass is 832 g/mol. The lowest BCUT2D eigenvalue weighted by Gasteiger charge is -2.25. The van der Waals surface area contributed by atoms with Crippen LogP contribution in [0.1, 0.15) is 91.0 Å². The van der Waals surface area contributed by atoms with E-state index in [2.05, 4.69) is 10.6 Å². The molecule has 1 aromatic rings. The van der Waals surface area contributed by atoms with Crippen LogP contribution in [0.5, 0.6) is 5.75 Å². The number of aliphatic carboxylic acids is 1. The van der Waals surface area contributed by atoms with Crippen LogP contribution >= 0.6 is 11.8 Å². The number of carbonyl (C=O) groups excluding carboxylic acids is 6. The molecule has 1 aliphatic carbocycles. The number of Topliss-reactive ketones (excluding diaryl/α,β-unsaturated/α-hetero) is 4. The number of allylic oxidation sites excluding steroid dienone is 8. The van der Waals surface area contributed by atoms with E-state index in [4.69, 9.17) is 0 Å². The van der Waals surface area contributed by atoms with Gasteiger partial charge in [0.2, 0.25) is 23.4 Å². The number of phenols is 1. The minimum Gasteiger partial charge on any atom is -0.507 e. The van der Waals surface area contributed by atoms with E-state index in [0.29, 0.717) is 17.3 Å². The quantitative estimate of drug-likeness (QED) is 0.204. The number of amides is 2. The normalized spacial score (nSPS) is 27.9. The zero-order valence-electron chi connectivity index (χ0n) is 34.0. The number of aliphatic hydroxyl groups is 3. The van der Waals surface area contributed by atoms with E-state index in [-0.39, 0.29) is 35.3 Å². The summed E-state index contributed by atoms with van der Waals surface area (Å²) in [7, 11) is 0. The third kappa shape index (κ3) is 12.8. The van der Waals surface area contributed by atoms with Gasteiger partial charge in [-0.15, -0.1) is 11.8 Å². The van der Waals surface area contributed by atoms with Crippen LogP contribution < -0.4 is 10.6 Å². The molecule has 0 fully saturated rings. The minimum absolute atomic E-state index is 0.00628. The third-order valence-electron chi connectivity index (χ3n) is 9.86. The SMILES string of the molecule is CC(=O)NC(CSC1=C2NC(=O)\C=C/C=C/C=C\C(C)C(O)CC(=O)/C(C)=C\CC(O)/C=C/C(C)C(O)C(C)C=C(C)C(=O)c3c(O)c(C)cc(c3C1=O)C2=O)C(=O)O. The number of aromatic hydroxyl groups is 1. The summed E-state index contributed by atoms with van der Waals surface area (Å²) in [5.74, 6) is -8.71.